The van der Waals surface area contributed by atoms with Crippen molar-refractivity contribution < 1.29 is 32.2 Å². The molecule has 0 unspecified atom stereocenters. The van der Waals surface area contributed by atoms with Crippen LogP contribution in [0, 0.1) is 0 Å². The Balaban J connectivity index is 1.92. The molecule has 10 heteroatoms. The van der Waals surface area contributed by atoms with E-state index in [0.29, 0.717) is 16.9 Å². The van der Waals surface area contributed by atoms with Crippen molar-refractivity contribution in [2.45, 2.75) is 19.4 Å². The first-order valence-electron chi connectivity index (χ1n) is 9.22. The molecule has 0 aliphatic rings. The first-order valence-corrected chi connectivity index (χ1v) is 9.59. The van der Waals surface area contributed by atoms with Crippen LogP contribution in [0.2, 0.25) is 5.02 Å². The lowest BCUT2D eigenvalue weighted by Crippen LogP contribution is -2.08. The lowest BCUT2D eigenvalue weighted by atomic mass is 10.1. The summed E-state index contributed by atoms with van der Waals surface area (Å²) in [6, 6.07) is 10.6. The summed E-state index contributed by atoms with van der Waals surface area (Å²) in [4.78, 5) is 12.3. The maximum absolute atomic E-state index is 13.4. The molecule has 0 amide bonds. The number of ketones is 1. The fourth-order valence-electron chi connectivity index (χ4n) is 3.06. The molecule has 3 aromatic rings. The number of alkyl halides is 4. The van der Waals surface area contributed by atoms with E-state index in [-0.39, 0.29) is 23.6 Å². The molecule has 0 spiro atoms. The molecule has 168 valence electrons. The van der Waals surface area contributed by atoms with Gasteiger partial charge in [0.2, 0.25) is 0 Å². The minimum Gasteiger partial charge on any atom is -0.508 e. The highest BCUT2D eigenvalue weighted by atomic mass is 35.5. The monoisotopic (exact) mass is 468 g/mol. The fourth-order valence-corrected chi connectivity index (χ4v) is 3.36. The van der Waals surface area contributed by atoms with E-state index in [9.17, 15) is 27.5 Å². The number of halogens is 5. The highest BCUT2D eigenvalue weighted by Gasteiger charge is 2.28. The van der Waals surface area contributed by atoms with Crippen molar-refractivity contribution in [1.29, 1.82) is 0 Å². The Kier molecular flexibility index (Phi) is 7.19. The van der Waals surface area contributed by atoms with Gasteiger partial charge in [0.1, 0.15) is 22.9 Å². The Hall–Kier alpha value is -3.33. The van der Waals surface area contributed by atoms with Crippen molar-refractivity contribution in [3.8, 4) is 11.5 Å². The summed E-state index contributed by atoms with van der Waals surface area (Å²) in [6.07, 6.45) is -3.45. The van der Waals surface area contributed by atoms with Crippen molar-refractivity contribution in [3.63, 3.8) is 0 Å². The number of aromatic nitrogens is 2. The topological polar surface area (TPSA) is 64.3 Å². The number of allylic oxidation sites excluding steroid dienone is 1. The number of nitrogens with zero attached hydrogens (tertiary/aromatic N) is 2. The molecule has 32 heavy (non-hydrogen) atoms. The van der Waals surface area contributed by atoms with E-state index in [2.05, 4.69) is 5.10 Å². The predicted molar refractivity (Wildman–Crippen MR) is 111 cm³/mol. The maximum atomic E-state index is 13.4. The van der Waals surface area contributed by atoms with Gasteiger partial charge in [0, 0.05) is 11.1 Å². The Bertz CT molecular complexity index is 1160. The van der Waals surface area contributed by atoms with Crippen LogP contribution in [0.1, 0.15) is 45.7 Å². The van der Waals surface area contributed by atoms with Crippen LogP contribution in [0.15, 0.2) is 48.5 Å². The summed E-state index contributed by atoms with van der Waals surface area (Å²) in [5.41, 5.74) is -0.568. The third kappa shape index (κ3) is 5.11. The van der Waals surface area contributed by atoms with Crippen LogP contribution >= 0.6 is 11.6 Å². The number of ether oxygens (including phenoxy) is 1. The number of phenolic OH excluding ortho intramolecular Hbond substituents is 1. The molecule has 1 aromatic heterocycles. The van der Waals surface area contributed by atoms with Gasteiger partial charge in [-0.25, -0.2) is 17.6 Å². The van der Waals surface area contributed by atoms with Gasteiger partial charge in [-0.05, 0) is 35.9 Å². The molecular formula is C22H17ClF4N2O3. The summed E-state index contributed by atoms with van der Waals surface area (Å²) < 4.78 is 59.0. The van der Waals surface area contributed by atoms with Crippen molar-refractivity contribution in [2.24, 2.45) is 0 Å². The molecule has 2 aromatic carbocycles. The summed E-state index contributed by atoms with van der Waals surface area (Å²) in [5.74, 6) is -0.0996. The molecule has 0 bridgehead atoms. The molecule has 0 aliphatic carbocycles. The summed E-state index contributed by atoms with van der Waals surface area (Å²) in [7, 11) is 1.37. The van der Waals surface area contributed by atoms with E-state index in [0.717, 1.165) is 4.68 Å². The smallest absolute Gasteiger partial charge is 0.283 e. The molecule has 0 saturated carbocycles. The highest BCUT2D eigenvalue weighted by molar-refractivity contribution is 6.32. The Labute approximate surface area is 185 Å². The zero-order valence-electron chi connectivity index (χ0n) is 16.6. The minimum absolute atomic E-state index is 0.0492. The van der Waals surface area contributed by atoms with E-state index in [1.54, 1.807) is 24.3 Å². The van der Waals surface area contributed by atoms with Gasteiger partial charge in [-0.3, -0.25) is 9.48 Å². The van der Waals surface area contributed by atoms with Gasteiger partial charge in [-0.1, -0.05) is 35.9 Å². The number of hydrogen-bond donors (Lipinski definition) is 1. The van der Waals surface area contributed by atoms with E-state index >= 15 is 0 Å². The molecule has 3 rings (SSSR count). The lowest BCUT2D eigenvalue weighted by Gasteiger charge is -2.12. The molecule has 0 saturated heterocycles. The number of carbonyl (C=O) groups excluding carboxylic acids is 1. The molecule has 1 heterocycles. The van der Waals surface area contributed by atoms with Crippen LogP contribution in [0.4, 0.5) is 17.6 Å². The third-order valence-corrected chi connectivity index (χ3v) is 4.94. The van der Waals surface area contributed by atoms with E-state index in [4.69, 9.17) is 16.3 Å². The number of benzene rings is 2. The maximum Gasteiger partial charge on any atom is 0.283 e. The van der Waals surface area contributed by atoms with Crippen LogP contribution in [-0.4, -0.2) is 27.8 Å². The second-order valence-corrected chi connectivity index (χ2v) is 7.04. The van der Waals surface area contributed by atoms with E-state index in [1.165, 1.54) is 37.5 Å². The fraction of sp³-hybridized carbons (Fsp3) is 0.182. The van der Waals surface area contributed by atoms with Gasteiger partial charge in [0.15, 0.2) is 5.78 Å². The van der Waals surface area contributed by atoms with Gasteiger partial charge >= 0.3 is 0 Å². The second-order valence-electron chi connectivity index (χ2n) is 6.66. The summed E-state index contributed by atoms with van der Waals surface area (Å²) in [6.45, 7) is -0.308. The summed E-state index contributed by atoms with van der Waals surface area (Å²) in [5, 5.41) is 12.3. The molecule has 0 radical (unpaired) electrons. The van der Waals surface area contributed by atoms with Crippen molar-refractivity contribution in [3.05, 3.63) is 81.6 Å². The molecule has 1 N–H and O–H groups in total. The van der Waals surface area contributed by atoms with E-state index < -0.39 is 29.3 Å². The largest absolute Gasteiger partial charge is 0.508 e. The van der Waals surface area contributed by atoms with Crippen LogP contribution < -0.4 is 4.74 Å². The average molecular weight is 469 g/mol. The Morgan fingerprint density at radius 2 is 1.94 bits per heavy atom. The predicted octanol–water partition coefficient (Wildman–Crippen LogP) is 6.07. The van der Waals surface area contributed by atoms with Crippen LogP contribution in [0.3, 0.4) is 0 Å². The summed E-state index contributed by atoms with van der Waals surface area (Å²) >= 11 is 5.70. The van der Waals surface area contributed by atoms with Crippen molar-refractivity contribution in [1.82, 2.24) is 9.78 Å². The first-order chi connectivity index (χ1) is 15.2. The third-order valence-electron chi connectivity index (χ3n) is 4.55. The molecule has 0 aliphatic heterocycles. The minimum atomic E-state index is -3.11. The SMILES string of the molecule is COc1ccc(/C=C/C(=O)c2cccc(O)c2)cc1Cn1nc(C(F)F)c(Cl)c1C(F)F. The van der Waals surface area contributed by atoms with Crippen LogP contribution in [-0.2, 0) is 6.54 Å². The zero-order valence-corrected chi connectivity index (χ0v) is 17.4. The number of rotatable bonds is 8. The van der Waals surface area contributed by atoms with Crippen LogP contribution in [0.5, 0.6) is 11.5 Å². The Morgan fingerprint density at radius 1 is 1.19 bits per heavy atom. The average Bonchev–Trinajstić information content (AvgIpc) is 3.08. The number of methoxy groups -OCH3 is 1. The van der Waals surface area contributed by atoms with Gasteiger partial charge in [-0.2, -0.15) is 5.10 Å². The Morgan fingerprint density at radius 3 is 2.56 bits per heavy atom. The zero-order chi connectivity index (χ0) is 23.4. The standard InChI is InChI=1S/C22H17ClF4N2O3/c1-32-17-8-6-12(5-7-16(31)13-3-2-4-15(30)10-13)9-14(17)11-29-20(22(26)27)18(23)19(28-29)21(24)25/h2-10,21-22,30H,11H2,1H3/b7-5+. The lowest BCUT2D eigenvalue weighted by molar-refractivity contribution is 0.104. The number of hydrogen-bond acceptors (Lipinski definition) is 4. The molecular weight excluding hydrogens is 452 g/mol. The molecule has 0 atom stereocenters. The van der Waals surface area contributed by atoms with Crippen molar-refractivity contribution in [2.75, 3.05) is 7.11 Å². The number of carbonyl (C=O) groups is 1. The normalized spacial score (nSPS) is 11.6. The molecule has 5 nitrogen and oxygen atoms in total. The van der Waals surface area contributed by atoms with Crippen molar-refractivity contribution >= 4 is 23.5 Å². The van der Waals surface area contributed by atoms with Gasteiger partial charge in [0.25, 0.3) is 12.9 Å². The first kappa shape index (κ1) is 23.3. The number of phenols is 1. The van der Waals surface area contributed by atoms with Gasteiger partial charge < -0.3 is 9.84 Å². The van der Waals surface area contributed by atoms with Gasteiger partial charge in [0.05, 0.1) is 18.7 Å². The van der Waals surface area contributed by atoms with E-state index in [1.807, 2.05) is 0 Å². The quantitative estimate of drug-likeness (QED) is 0.247. The second kappa shape index (κ2) is 9.86. The van der Waals surface area contributed by atoms with Gasteiger partial charge in [-0.15, -0.1) is 0 Å². The highest BCUT2D eigenvalue weighted by Crippen LogP contribution is 2.35. The van der Waals surface area contributed by atoms with Crippen LogP contribution in [0.25, 0.3) is 6.08 Å². The number of aromatic hydroxyl groups is 1. The molecule has 0 fully saturated rings.